The number of pyridine rings is 1. The van der Waals surface area contributed by atoms with Gasteiger partial charge in [0.25, 0.3) is 11.8 Å². The molecule has 5 rings (SSSR count). The molecule has 0 radical (unpaired) electrons. The van der Waals surface area contributed by atoms with Crippen LogP contribution < -0.4 is 14.5 Å². The third-order valence-electron chi connectivity index (χ3n) is 7.12. The SMILES string of the molecule is N#Cc1ccnc(N2[C@H](C(=O)N(c3cc(F)cc(F)c3)[C@@H](C(=O)NC3CC(F)(F)C3)c3ccccc3Cl)CCS2(=O)=O)c1. The van der Waals surface area contributed by atoms with Crippen molar-refractivity contribution in [3.05, 3.63) is 88.6 Å². The van der Waals surface area contributed by atoms with Gasteiger partial charge in [-0.1, -0.05) is 29.8 Å². The number of nitrogens with one attached hydrogen (secondary N) is 1. The highest BCUT2D eigenvalue weighted by Crippen LogP contribution is 2.40. The first-order chi connectivity index (χ1) is 20.3. The second-order valence-corrected chi connectivity index (χ2v) is 12.5. The van der Waals surface area contributed by atoms with E-state index in [1.54, 1.807) is 0 Å². The molecule has 9 nitrogen and oxygen atoms in total. The van der Waals surface area contributed by atoms with Crippen LogP contribution >= 0.6 is 11.6 Å². The molecule has 0 spiro atoms. The average molecular weight is 636 g/mol. The Morgan fingerprint density at radius 3 is 2.42 bits per heavy atom. The molecule has 2 atom stereocenters. The third kappa shape index (κ3) is 6.14. The fraction of sp³-hybridized carbons (Fsp3) is 0.286. The number of hydrogen-bond donors (Lipinski definition) is 1. The fourth-order valence-electron chi connectivity index (χ4n) is 5.18. The zero-order valence-electron chi connectivity index (χ0n) is 22.1. The fourth-order valence-corrected chi connectivity index (χ4v) is 7.11. The van der Waals surface area contributed by atoms with E-state index < -0.39 is 81.8 Å². The Morgan fingerprint density at radius 1 is 1.12 bits per heavy atom. The minimum atomic E-state index is -4.18. The number of carbonyl (C=O) groups is 2. The van der Waals surface area contributed by atoms with Gasteiger partial charge in [-0.15, -0.1) is 0 Å². The Hall–Kier alpha value is -4.22. The number of carbonyl (C=O) groups excluding carboxylic acids is 2. The highest BCUT2D eigenvalue weighted by Gasteiger charge is 2.49. The van der Waals surface area contributed by atoms with Crippen LogP contribution in [0.25, 0.3) is 0 Å². The van der Waals surface area contributed by atoms with E-state index in [0.29, 0.717) is 15.3 Å². The van der Waals surface area contributed by atoms with E-state index in [9.17, 15) is 40.8 Å². The van der Waals surface area contributed by atoms with Crippen molar-refractivity contribution in [2.75, 3.05) is 15.0 Å². The van der Waals surface area contributed by atoms with E-state index in [1.165, 1.54) is 36.5 Å². The van der Waals surface area contributed by atoms with Gasteiger partial charge in [-0.2, -0.15) is 5.26 Å². The molecule has 2 fully saturated rings. The molecule has 2 aromatic carbocycles. The molecule has 224 valence electrons. The second-order valence-electron chi connectivity index (χ2n) is 10.2. The van der Waals surface area contributed by atoms with E-state index in [0.717, 1.165) is 18.2 Å². The molecule has 1 saturated heterocycles. The molecule has 1 saturated carbocycles. The molecule has 1 aromatic heterocycles. The number of hydrogen-bond acceptors (Lipinski definition) is 6. The summed E-state index contributed by atoms with van der Waals surface area (Å²) in [6.45, 7) is 0. The predicted molar refractivity (Wildman–Crippen MR) is 148 cm³/mol. The number of sulfonamides is 1. The van der Waals surface area contributed by atoms with Crippen molar-refractivity contribution in [3.63, 3.8) is 0 Å². The lowest BCUT2D eigenvalue weighted by Crippen LogP contribution is -2.56. The standard InChI is InChI=1S/C28H22ClF4N5O4S/c29-22-4-2-1-3-21(22)25(26(39)36-19-13-28(32,33)14-19)37(20-11-17(30)10-18(31)12-20)27(40)23-6-8-43(41,42)38(23)24-9-16(15-34)5-7-35-24/h1-5,7,9-12,19,23,25H,6,8,13-14H2,(H,36,39)/t23-,25+/m0/s1. The maximum atomic E-state index is 14.5. The zero-order valence-corrected chi connectivity index (χ0v) is 23.6. The van der Waals surface area contributed by atoms with Gasteiger partial charge >= 0.3 is 0 Å². The van der Waals surface area contributed by atoms with Gasteiger partial charge in [0.1, 0.15) is 29.5 Å². The van der Waals surface area contributed by atoms with Crippen molar-refractivity contribution >= 4 is 44.9 Å². The molecule has 43 heavy (non-hydrogen) atoms. The van der Waals surface area contributed by atoms with Gasteiger partial charge < -0.3 is 5.32 Å². The van der Waals surface area contributed by atoms with Crippen LogP contribution in [0.3, 0.4) is 0 Å². The number of benzene rings is 2. The van der Waals surface area contributed by atoms with E-state index in [-0.39, 0.29) is 28.4 Å². The highest BCUT2D eigenvalue weighted by molar-refractivity contribution is 7.93. The molecule has 1 N–H and O–H groups in total. The van der Waals surface area contributed by atoms with Gasteiger partial charge in [-0.3, -0.25) is 14.5 Å². The van der Waals surface area contributed by atoms with E-state index >= 15 is 0 Å². The number of rotatable bonds is 7. The summed E-state index contributed by atoms with van der Waals surface area (Å²) in [7, 11) is -4.18. The first-order valence-electron chi connectivity index (χ1n) is 12.9. The molecular formula is C28H22ClF4N5O4S. The summed E-state index contributed by atoms with van der Waals surface area (Å²) in [5.74, 6) is -8.04. The lowest BCUT2D eigenvalue weighted by Gasteiger charge is -2.39. The molecular weight excluding hydrogens is 614 g/mol. The Balaban J connectivity index is 1.66. The number of nitriles is 1. The summed E-state index contributed by atoms with van der Waals surface area (Å²) in [5.41, 5.74) is -0.416. The van der Waals surface area contributed by atoms with Crippen molar-refractivity contribution in [2.24, 2.45) is 0 Å². The van der Waals surface area contributed by atoms with E-state index in [2.05, 4.69) is 10.3 Å². The lowest BCUT2D eigenvalue weighted by molar-refractivity contribution is -0.133. The van der Waals surface area contributed by atoms with E-state index in [1.807, 2.05) is 6.07 Å². The van der Waals surface area contributed by atoms with Gasteiger partial charge in [-0.25, -0.2) is 35.3 Å². The van der Waals surface area contributed by atoms with Crippen molar-refractivity contribution in [1.82, 2.24) is 10.3 Å². The van der Waals surface area contributed by atoms with Crippen LogP contribution in [0.15, 0.2) is 60.8 Å². The van der Waals surface area contributed by atoms with Crippen LogP contribution in [0, 0.1) is 23.0 Å². The van der Waals surface area contributed by atoms with Crippen molar-refractivity contribution < 1.29 is 35.6 Å². The van der Waals surface area contributed by atoms with Gasteiger partial charge in [0, 0.05) is 41.7 Å². The number of alkyl halides is 2. The smallest absolute Gasteiger partial charge is 0.252 e. The second kappa shape index (κ2) is 11.5. The largest absolute Gasteiger partial charge is 0.351 e. The maximum absolute atomic E-state index is 14.5. The van der Waals surface area contributed by atoms with Crippen LogP contribution in [-0.2, 0) is 19.6 Å². The van der Waals surface area contributed by atoms with Crippen LogP contribution in [0.4, 0.5) is 29.1 Å². The molecule has 1 aliphatic heterocycles. The number of aromatic nitrogens is 1. The normalized spacial score (nSPS) is 19.6. The van der Waals surface area contributed by atoms with Crippen LogP contribution in [0.1, 0.15) is 36.4 Å². The quantitative estimate of drug-likeness (QED) is 0.382. The maximum Gasteiger partial charge on any atom is 0.252 e. The third-order valence-corrected chi connectivity index (χ3v) is 9.26. The van der Waals surface area contributed by atoms with Gasteiger partial charge in [-0.05, 0) is 36.8 Å². The molecule has 2 amide bonds. The minimum Gasteiger partial charge on any atom is -0.351 e. The van der Waals surface area contributed by atoms with Gasteiger partial charge in [0.05, 0.1) is 23.1 Å². The molecule has 0 bridgehead atoms. The Morgan fingerprint density at radius 2 is 1.79 bits per heavy atom. The molecule has 2 heterocycles. The lowest BCUT2D eigenvalue weighted by atomic mass is 9.87. The molecule has 0 unspecified atom stereocenters. The first-order valence-corrected chi connectivity index (χ1v) is 14.9. The minimum absolute atomic E-state index is 0.0113. The van der Waals surface area contributed by atoms with Crippen molar-refractivity contribution in [1.29, 1.82) is 5.26 Å². The Labute approximate surface area is 248 Å². The van der Waals surface area contributed by atoms with Crippen LogP contribution in [-0.4, -0.2) is 49.0 Å². The summed E-state index contributed by atoms with van der Waals surface area (Å²) in [6, 6.07) is 7.92. The summed E-state index contributed by atoms with van der Waals surface area (Å²) in [5, 5.41) is 11.7. The average Bonchev–Trinajstić information content (AvgIpc) is 3.25. The van der Waals surface area contributed by atoms with Crippen LogP contribution in [0.5, 0.6) is 0 Å². The predicted octanol–water partition coefficient (Wildman–Crippen LogP) is 4.48. The zero-order chi connectivity index (χ0) is 31.1. The summed E-state index contributed by atoms with van der Waals surface area (Å²) < 4.78 is 83.3. The number of nitrogens with zero attached hydrogens (tertiary/aromatic N) is 4. The molecule has 15 heteroatoms. The Kier molecular flexibility index (Phi) is 8.06. The van der Waals surface area contributed by atoms with Crippen molar-refractivity contribution in [2.45, 2.75) is 43.3 Å². The number of anilines is 2. The molecule has 1 aliphatic carbocycles. The van der Waals surface area contributed by atoms with Crippen molar-refractivity contribution in [3.8, 4) is 6.07 Å². The first kappa shape index (κ1) is 30.2. The number of amides is 2. The van der Waals surface area contributed by atoms with Gasteiger partial charge in [0.15, 0.2) is 0 Å². The summed E-state index contributed by atoms with van der Waals surface area (Å²) >= 11 is 6.42. The Bertz CT molecular complexity index is 1720. The number of halogens is 5. The van der Waals surface area contributed by atoms with E-state index in [4.69, 9.17) is 11.6 Å². The summed E-state index contributed by atoms with van der Waals surface area (Å²) in [4.78, 5) is 33.0. The topological polar surface area (TPSA) is 123 Å². The van der Waals surface area contributed by atoms with Crippen LogP contribution in [0.2, 0.25) is 5.02 Å². The molecule has 3 aromatic rings. The highest BCUT2D eigenvalue weighted by atomic mass is 35.5. The summed E-state index contributed by atoms with van der Waals surface area (Å²) in [6.07, 6.45) is -0.449. The molecule has 2 aliphatic rings. The monoisotopic (exact) mass is 635 g/mol. The van der Waals surface area contributed by atoms with Gasteiger partial charge in [0.2, 0.25) is 15.9 Å².